The molecule has 2 aromatic rings. The number of hydrogen-bond donors (Lipinski definition) is 1. The third-order valence-electron chi connectivity index (χ3n) is 3.91. The maximum Gasteiger partial charge on any atom is 0.271 e. The zero-order valence-corrected chi connectivity index (χ0v) is 15.4. The summed E-state index contributed by atoms with van der Waals surface area (Å²) in [6.07, 6.45) is 0. The molecule has 1 N–H and O–H groups in total. The highest BCUT2D eigenvalue weighted by Crippen LogP contribution is 2.31. The molecule has 25 heavy (non-hydrogen) atoms. The second kappa shape index (κ2) is 7.79. The van der Waals surface area contributed by atoms with Crippen LogP contribution in [0.3, 0.4) is 0 Å². The van der Waals surface area contributed by atoms with E-state index in [4.69, 9.17) is 4.74 Å². The Morgan fingerprint density at radius 2 is 1.92 bits per heavy atom. The average molecular weight is 453 g/mol. The van der Waals surface area contributed by atoms with Crippen molar-refractivity contribution < 1.29 is 14.5 Å². The van der Waals surface area contributed by atoms with Crippen LogP contribution in [-0.4, -0.2) is 37.1 Å². The van der Waals surface area contributed by atoms with E-state index in [0.717, 1.165) is 3.57 Å². The van der Waals surface area contributed by atoms with E-state index in [-0.39, 0.29) is 11.6 Å². The van der Waals surface area contributed by atoms with Crippen molar-refractivity contribution >= 4 is 45.6 Å². The van der Waals surface area contributed by atoms with Gasteiger partial charge < -0.3 is 15.0 Å². The Kier molecular flexibility index (Phi) is 5.49. The van der Waals surface area contributed by atoms with E-state index in [1.54, 1.807) is 18.2 Å². The lowest BCUT2D eigenvalue weighted by Gasteiger charge is -2.30. The maximum absolute atomic E-state index is 12.6. The summed E-state index contributed by atoms with van der Waals surface area (Å²) >= 11 is 2.11. The Morgan fingerprint density at radius 1 is 1.20 bits per heavy atom. The molecule has 3 rings (SSSR count). The van der Waals surface area contributed by atoms with E-state index in [9.17, 15) is 14.9 Å². The molecule has 0 aliphatic carbocycles. The van der Waals surface area contributed by atoms with Crippen LogP contribution in [0.1, 0.15) is 10.4 Å². The molecule has 1 heterocycles. The Hall–Kier alpha value is -2.20. The molecule has 0 bridgehead atoms. The fourth-order valence-electron chi connectivity index (χ4n) is 2.64. The number of anilines is 2. The Labute approximate surface area is 158 Å². The van der Waals surface area contributed by atoms with Gasteiger partial charge in [0.1, 0.15) is 0 Å². The first-order valence-corrected chi connectivity index (χ1v) is 8.81. The molecule has 1 aliphatic rings. The number of nitro groups is 1. The van der Waals surface area contributed by atoms with Crippen LogP contribution in [0.25, 0.3) is 0 Å². The van der Waals surface area contributed by atoms with Gasteiger partial charge in [0.25, 0.3) is 11.6 Å². The van der Waals surface area contributed by atoms with Gasteiger partial charge in [-0.2, -0.15) is 0 Å². The highest BCUT2D eigenvalue weighted by atomic mass is 127. The molecule has 0 aromatic heterocycles. The van der Waals surface area contributed by atoms with Crippen molar-refractivity contribution in [2.75, 3.05) is 36.5 Å². The van der Waals surface area contributed by atoms with E-state index in [0.29, 0.717) is 43.2 Å². The van der Waals surface area contributed by atoms with Crippen molar-refractivity contribution in [3.63, 3.8) is 0 Å². The van der Waals surface area contributed by atoms with Crippen LogP contribution in [0, 0.1) is 13.7 Å². The third-order valence-corrected chi connectivity index (χ3v) is 4.85. The highest BCUT2D eigenvalue weighted by molar-refractivity contribution is 14.1. The predicted octanol–water partition coefficient (Wildman–Crippen LogP) is 3.29. The summed E-state index contributed by atoms with van der Waals surface area (Å²) in [4.78, 5) is 25.3. The van der Waals surface area contributed by atoms with Crippen LogP contribution in [-0.2, 0) is 4.74 Å². The number of morpholine rings is 1. The Bertz CT molecular complexity index is 806. The molecule has 0 unspecified atom stereocenters. The van der Waals surface area contributed by atoms with Gasteiger partial charge in [-0.25, -0.2) is 0 Å². The summed E-state index contributed by atoms with van der Waals surface area (Å²) in [5.41, 5.74) is 1.75. The van der Waals surface area contributed by atoms with Gasteiger partial charge in [-0.1, -0.05) is 12.1 Å². The van der Waals surface area contributed by atoms with E-state index >= 15 is 0 Å². The molecule has 1 saturated heterocycles. The summed E-state index contributed by atoms with van der Waals surface area (Å²) < 4.78 is 6.18. The van der Waals surface area contributed by atoms with Crippen LogP contribution >= 0.6 is 22.6 Å². The van der Waals surface area contributed by atoms with Crippen molar-refractivity contribution in [2.24, 2.45) is 0 Å². The van der Waals surface area contributed by atoms with Gasteiger partial charge in [0, 0.05) is 28.8 Å². The first kappa shape index (κ1) is 17.6. The number of carbonyl (C=O) groups excluding carboxylic acids is 1. The van der Waals surface area contributed by atoms with Crippen LogP contribution in [0.15, 0.2) is 42.5 Å². The molecule has 8 heteroatoms. The lowest BCUT2D eigenvalue weighted by atomic mass is 10.1. The average Bonchev–Trinajstić information content (AvgIpc) is 2.63. The molecule has 7 nitrogen and oxygen atoms in total. The van der Waals surface area contributed by atoms with E-state index in [1.165, 1.54) is 12.1 Å². The topological polar surface area (TPSA) is 84.7 Å². The lowest BCUT2D eigenvalue weighted by Crippen LogP contribution is -2.36. The van der Waals surface area contributed by atoms with E-state index in [2.05, 4.69) is 27.9 Å². The van der Waals surface area contributed by atoms with Crippen LogP contribution in [0.2, 0.25) is 0 Å². The Morgan fingerprint density at radius 3 is 2.60 bits per heavy atom. The van der Waals surface area contributed by atoms with Gasteiger partial charge in [-0.05, 0) is 40.8 Å². The first-order valence-electron chi connectivity index (χ1n) is 7.73. The third kappa shape index (κ3) is 4.07. The van der Waals surface area contributed by atoms with Crippen molar-refractivity contribution in [3.05, 3.63) is 61.7 Å². The zero-order valence-electron chi connectivity index (χ0n) is 13.3. The molecule has 1 fully saturated rings. The van der Waals surface area contributed by atoms with Crippen molar-refractivity contribution in [1.82, 2.24) is 0 Å². The summed E-state index contributed by atoms with van der Waals surface area (Å²) in [7, 11) is 0. The quantitative estimate of drug-likeness (QED) is 0.437. The molecule has 2 aromatic carbocycles. The number of halogens is 1. The minimum Gasteiger partial charge on any atom is -0.378 e. The molecule has 0 spiro atoms. The van der Waals surface area contributed by atoms with Crippen LogP contribution in [0.5, 0.6) is 0 Å². The number of rotatable bonds is 4. The van der Waals surface area contributed by atoms with Gasteiger partial charge in [-0.3, -0.25) is 14.9 Å². The normalized spacial score (nSPS) is 14.2. The number of nitro benzene ring substituents is 1. The van der Waals surface area contributed by atoms with E-state index < -0.39 is 4.92 Å². The molecule has 0 saturated carbocycles. The predicted molar refractivity (Wildman–Crippen MR) is 103 cm³/mol. The fraction of sp³-hybridized carbons (Fsp3) is 0.235. The van der Waals surface area contributed by atoms with E-state index in [1.807, 2.05) is 17.0 Å². The largest absolute Gasteiger partial charge is 0.378 e. The van der Waals surface area contributed by atoms with Gasteiger partial charge in [-0.15, -0.1) is 0 Å². The Balaban J connectivity index is 1.93. The molecule has 0 radical (unpaired) electrons. The van der Waals surface area contributed by atoms with Gasteiger partial charge in [0.05, 0.1) is 35.1 Å². The summed E-state index contributed by atoms with van der Waals surface area (Å²) in [5.74, 6) is -0.242. The molecule has 130 valence electrons. The summed E-state index contributed by atoms with van der Waals surface area (Å²) in [6.45, 7) is 2.33. The number of benzene rings is 2. The number of nitrogens with one attached hydrogen (secondary N) is 1. The number of non-ortho nitro benzene ring substituents is 1. The minimum atomic E-state index is -0.435. The van der Waals surface area contributed by atoms with Crippen molar-refractivity contribution in [3.8, 4) is 0 Å². The standard InChI is InChI=1S/C17H16IN3O4/c18-14-4-2-1-3-13(14)17(22)19-15-6-5-12(21(23)24)11-16(15)20-7-9-25-10-8-20/h1-6,11H,7-10H2,(H,19,22). The molecule has 0 atom stereocenters. The summed E-state index contributed by atoms with van der Waals surface area (Å²) in [6, 6.07) is 11.7. The lowest BCUT2D eigenvalue weighted by molar-refractivity contribution is -0.384. The SMILES string of the molecule is O=C(Nc1ccc([N+](=O)[O-])cc1N1CCOCC1)c1ccccc1I. The number of carbonyl (C=O) groups is 1. The number of ether oxygens (including phenoxy) is 1. The monoisotopic (exact) mass is 453 g/mol. The highest BCUT2D eigenvalue weighted by Gasteiger charge is 2.20. The minimum absolute atomic E-state index is 0.00576. The first-order chi connectivity index (χ1) is 12.1. The van der Waals surface area contributed by atoms with Crippen molar-refractivity contribution in [1.29, 1.82) is 0 Å². The maximum atomic E-state index is 12.6. The molecular formula is C17H16IN3O4. The van der Waals surface area contributed by atoms with Gasteiger partial charge in [0.15, 0.2) is 0 Å². The van der Waals surface area contributed by atoms with Crippen molar-refractivity contribution in [2.45, 2.75) is 0 Å². The van der Waals surface area contributed by atoms with Gasteiger partial charge in [0.2, 0.25) is 0 Å². The molecule has 1 aliphatic heterocycles. The second-order valence-corrected chi connectivity index (χ2v) is 6.65. The number of nitrogens with zero attached hydrogens (tertiary/aromatic N) is 2. The number of amides is 1. The fourth-order valence-corrected chi connectivity index (χ4v) is 3.27. The van der Waals surface area contributed by atoms with Gasteiger partial charge >= 0.3 is 0 Å². The zero-order chi connectivity index (χ0) is 17.8. The second-order valence-electron chi connectivity index (χ2n) is 5.49. The molecular weight excluding hydrogens is 437 g/mol. The molecule has 1 amide bonds. The summed E-state index contributed by atoms with van der Waals surface area (Å²) in [5, 5.41) is 14.0. The number of hydrogen-bond acceptors (Lipinski definition) is 5. The van der Waals surface area contributed by atoms with Crippen LogP contribution in [0.4, 0.5) is 17.1 Å². The smallest absolute Gasteiger partial charge is 0.271 e. The van der Waals surface area contributed by atoms with Crippen LogP contribution < -0.4 is 10.2 Å².